The Kier molecular flexibility index (Phi) is 5.93. The Balaban J connectivity index is 2.75. The highest BCUT2D eigenvalue weighted by molar-refractivity contribution is 4.35. The first-order valence-corrected chi connectivity index (χ1v) is 3.16. The van der Waals surface area contributed by atoms with Gasteiger partial charge in [-0.2, -0.15) is 0 Å². The molecule has 56 valence electrons. The van der Waals surface area contributed by atoms with Gasteiger partial charge < -0.3 is 4.90 Å². The van der Waals surface area contributed by atoms with Gasteiger partial charge >= 0.3 is 0 Å². The van der Waals surface area contributed by atoms with E-state index < -0.39 is 0 Å². The number of hydrogen-bond donors (Lipinski definition) is 0. The Morgan fingerprint density at radius 2 is 1.89 bits per heavy atom. The molecular weight excluding hydrogens is 118 g/mol. The summed E-state index contributed by atoms with van der Waals surface area (Å²) in [5.74, 6) is 0. The van der Waals surface area contributed by atoms with E-state index in [0.717, 1.165) is 6.54 Å². The van der Waals surface area contributed by atoms with Crippen LogP contribution in [0.2, 0.25) is 0 Å². The third-order valence-corrected chi connectivity index (χ3v) is 0.823. The molecule has 0 radical (unpaired) electrons. The maximum absolute atomic E-state index is 4.75. The van der Waals surface area contributed by atoms with E-state index in [2.05, 4.69) is 4.89 Å². The Morgan fingerprint density at radius 1 is 1.22 bits per heavy atom. The van der Waals surface area contributed by atoms with E-state index in [4.69, 9.17) is 4.89 Å². The highest BCUT2D eigenvalue weighted by atomic mass is 17.2. The molecule has 0 amide bonds. The van der Waals surface area contributed by atoms with E-state index in [0.29, 0.717) is 13.2 Å². The van der Waals surface area contributed by atoms with Crippen molar-refractivity contribution in [3.05, 3.63) is 0 Å². The Hall–Kier alpha value is -0.120. The van der Waals surface area contributed by atoms with Crippen molar-refractivity contribution in [2.75, 3.05) is 33.9 Å². The molecular formula is C6H15NO2. The molecule has 0 saturated heterocycles. The maximum Gasteiger partial charge on any atom is 0.0949 e. The molecule has 3 heteroatoms. The third kappa shape index (κ3) is 7.88. The number of hydrogen-bond acceptors (Lipinski definition) is 3. The summed E-state index contributed by atoms with van der Waals surface area (Å²) in [6, 6.07) is 0. The van der Waals surface area contributed by atoms with Crippen molar-refractivity contribution in [3.8, 4) is 0 Å². The predicted octanol–water partition coefficient (Wildman–Crippen LogP) is 0.516. The molecule has 0 aliphatic carbocycles. The molecule has 0 fully saturated rings. The van der Waals surface area contributed by atoms with Crippen molar-refractivity contribution >= 4 is 0 Å². The van der Waals surface area contributed by atoms with Crippen molar-refractivity contribution in [3.63, 3.8) is 0 Å². The Bertz CT molecular complexity index is 57.0. The van der Waals surface area contributed by atoms with Crippen molar-refractivity contribution in [1.82, 2.24) is 4.90 Å². The van der Waals surface area contributed by atoms with E-state index in [1.54, 1.807) is 0 Å². The Labute approximate surface area is 56.5 Å². The smallest absolute Gasteiger partial charge is 0.0949 e. The van der Waals surface area contributed by atoms with Crippen molar-refractivity contribution < 1.29 is 9.78 Å². The van der Waals surface area contributed by atoms with Gasteiger partial charge in [0, 0.05) is 6.54 Å². The topological polar surface area (TPSA) is 21.7 Å². The van der Waals surface area contributed by atoms with Crippen LogP contribution in [0.4, 0.5) is 0 Å². The summed E-state index contributed by atoms with van der Waals surface area (Å²) in [4.78, 5) is 11.4. The van der Waals surface area contributed by atoms with Gasteiger partial charge in [0.05, 0.1) is 13.2 Å². The second-order valence-corrected chi connectivity index (χ2v) is 2.03. The van der Waals surface area contributed by atoms with E-state index in [9.17, 15) is 0 Å². The maximum atomic E-state index is 4.75. The Morgan fingerprint density at radius 3 is 2.33 bits per heavy atom. The predicted molar refractivity (Wildman–Crippen MR) is 36.1 cm³/mol. The summed E-state index contributed by atoms with van der Waals surface area (Å²) in [5.41, 5.74) is 0. The van der Waals surface area contributed by atoms with Crippen molar-refractivity contribution in [2.24, 2.45) is 0 Å². The molecule has 0 aromatic rings. The quantitative estimate of drug-likeness (QED) is 0.310. The summed E-state index contributed by atoms with van der Waals surface area (Å²) >= 11 is 0. The minimum Gasteiger partial charge on any atom is -0.307 e. The lowest BCUT2D eigenvalue weighted by molar-refractivity contribution is -0.291. The SMILES string of the molecule is CCOOCCN(C)C. The molecule has 0 spiro atoms. The van der Waals surface area contributed by atoms with Gasteiger partial charge in [-0.1, -0.05) is 0 Å². The average molecular weight is 133 g/mol. The lowest BCUT2D eigenvalue weighted by Crippen LogP contribution is -2.18. The van der Waals surface area contributed by atoms with Crippen LogP contribution in [0.1, 0.15) is 6.92 Å². The summed E-state index contributed by atoms with van der Waals surface area (Å²) in [5, 5.41) is 0. The molecule has 0 aliphatic rings. The zero-order chi connectivity index (χ0) is 7.11. The fourth-order valence-corrected chi connectivity index (χ4v) is 0.362. The number of likely N-dealkylation sites (N-methyl/N-ethyl adjacent to an activating group) is 1. The highest BCUT2D eigenvalue weighted by Gasteiger charge is 1.88. The van der Waals surface area contributed by atoms with Crippen LogP contribution < -0.4 is 0 Å². The van der Waals surface area contributed by atoms with Crippen LogP contribution in [-0.4, -0.2) is 38.8 Å². The molecule has 0 unspecified atom stereocenters. The molecule has 9 heavy (non-hydrogen) atoms. The summed E-state index contributed by atoms with van der Waals surface area (Å²) in [6.07, 6.45) is 0. The summed E-state index contributed by atoms with van der Waals surface area (Å²) in [6.45, 7) is 4.06. The van der Waals surface area contributed by atoms with Gasteiger partial charge in [0.15, 0.2) is 0 Å². The van der Waals surface area contributed by atoms with E-state index in [-0.39, 0.29) is 0 Å². The monoisotopic (exact) mass is 133 g/mol. The molecule has 0 aromatic carbocycles. The standard InChI is InChI=1S/C6H15NO2/c1-4-8-9-6-5-7(2)3/h4-6H2,1-3H3. The van der Waals surface area contributed by atoms with Crippen LogP contribution in [-0.2, 0) is 9.78 Å². The van der Waals surface area contributed by atoms with Gasteiger partial charge in [0.25, 0.3) is 0 Å². The van der Waals surface area contributed by atoms with Gasteiger partial charge in [0.1, 0.15) is 0 Å². The van der Waals surface area contributed by atoms with Crippen LogP contribution >= 0.6 is 0 Å². The molecule has 0 saturated carbocycles. The van der Waals surface area contributed by atoms with Gasteiger partial charge in [-0.25, -0.2) is 9.78 Å². The lowest BCUT2D eigenvalue weighted by atomic mass is 10.6. The average Bonchev–Trinajstić information content (AvgIpc) is 1.80. The van der Waals surface area contributed by atoms with Gasteiger partial charge in [0.2, 0.25) is 0 Å². The van der Waals surface area contributed by atoms with E-state index in [1.165, 1.54) is 0 Å². The minimum atomic E-state index is 0.618. The molecule has 0 bridgehead atoms. The van der Waals surface area contributed by atoms with Gasteiger partial charge in [-0.05, 0) is 21.0 Å². The first-order valence-electron chi connectivity index (χ1n) is 3.16. The second-order valence-electron chi connectivity index (χ2n) is 2.03. The first-order chi connectivity index (χ1) is 4.27. The summed E-state index contributed by atoms with van der Waals surface area (Å²) < 4.78 is 0. The van der Waals surface area contributed by atoms with Crippen LogP contribution in [0.5, 0.6) is 0 Å². The molecule has 0 rings (SSSR count). The zero-order valence-corrected chi connectivity index (χ0v) is 6.39. The van der Waals surface area contributed by atoms with Gasteiger partial charge in [-0.3, -0.25) is 0 Å². The molecule has 0 atom stereocenters. The summed E-state index contributed by atoms with van der Waals surface area (Å²) in [7, 11) is 3.99. The molecule has 0 heterocycles. The molecule has 3 nitrogen and oxygen atoms in total. The largest absolute Gasteiger partial charge is 0.307 e. The van der Waals surface area contributed by atoms with Crippen LogP contribution in [0.25, 0.3) is 0 Å². The van der Waals surface area contributed by atoms with Crippen molar-refractivity contribution in [1.29, 1.82) is 0 Å². The molecule has 0 aliphatic heterocycles. The molecule has 0 aromatic heterocycles. The second kappa shape index (κ2) is 6.01. The first kappa shape index (κ1) is 8.88. The lowest BCUT2D eigenvalue weighted by Gasteiger charge is -2.07. The number of nitrogens with zero attached hydrogens (tertiary/aromatic N) is 1. The highest BCUT2D eigenvalue weighted by Crippen LogP contribution is 1.79. The fourth-order valence-electron chi connectivity index (χ4n) is 0.362. The molecule has 0 N–H and O–H groups in total. The van der Waals surface area contributed by atoms with Crippen molar-refractivity contribution in [2.45, 2.75) is 6.92 Å². The van der Waals surface area contributed by atoms with Crippen LogP contribution in [0.3, 0.4) is 0 Å². The van der Waals surface area contributed by atoms with Crippen LogP contribution in [0.15, 0.2) is 0 Å². The third-order valence-electron chi connectivity index (χ3n) is 0.823. The van der Waals surface area contributed by atoms with Gasteiger partial charge in [-0.15, -0.1) is 0 Å². The fraction of sp³-hybridized carbons (Fsp3) is 1.00. The van der Waals surface area contributed by atoms with E-state index >= 15 is 0 Å². The zero-order valence-electron chi connectivity index (χ0n) is 6.39. The minimum absolute atomic E-state index is 0.618. The van der Waals surface area contributed by atoms with E-state index in [1.807, 2.05) is 25.9 Å². The normalized spacial score (nSPS) is 10.7. The van der Waals surface area contributed by atoms with Crippen LogP contribution in [0, 0.1) is 0 Å². The number of rotatable bonds is 5.